The molecule has 0 unspecified atom stereocenters. The molecule has 1 amide bonds. The maximum atomic E-state index is 12.3. The minimum atomic E-state index is -0.0241. The number of nitrogens with zero attached hydrogens (tertiary/aromatic N) is 1. The molecule has 0 spiro atoms. The van der Waals surface area contributed by atoms with E-state index < -0.39 is 0 Å². The van der Waals surface area contributed by atoms with Gasteiger partial charge in [-0.15, -0.1) is 0 Å². The van der Waals surface area contributed by atoms with Gasteiger partial charge in [0.25, 0.3) is 5.91 Å². The topological polar surface area (TPSA) is 54.0 Å². The van der Waals surface area contributed by atoms with Gasteiger partial charge in [-0.1, -0.05) is 37.1 Å². The lowest BCUT2D eigenvalue weighted by atomic mass is 10.1. The fourth-order valence-electron chi connectivity index (χ4n) is 3.01. The Morgan fingerprint density at radius 3 is 2.78 bits per heavy atom. The van der Waals surface area contributed by atoms with E-state index >= 15 is 0 Å². The van der Waals surface area contributed by atoms with E-state index in [0.717, 1.165) is 25.1 Å². The lowest BCUT2D eigenvalue weighted by molar-refractivity contribution is 0.0937. The number of hydrogen-bond donors (Lipinski definition) is 2. The molecule has 120 valence electrons. The molecule has 1 aliphatic carbocycles. The quantitative estimate of drug-likeness (QED) is 0.886. The Labute approximate surface area is 137 Å². The monoisotopic (exact) mass is 309 g/mol. The van der Waals surface area contributed by atoms with Gasteiger partial charge in [0.2, 0.25) is 0 Å². The molecule has 2 N–H and O–H groups in total. The third-order valence-corrected chi connectivity index (χ3v) is 4.44. The second kappa shape index (κ2) is 7.27. The summed E-state index contributed by atoms with van der Waals surface area (Å²) in [6.45, 7) is 2.82. The van der Waals surface area contributed by atoms with E-state index in [4.69, 9.17) is 0 Å². The summed E-state index contributed by atoms with van der Waals surface area (Å²) in [7, 11) is 0. The van der Waals surface area contributed by atoms with Gasteiger partial charge in [-0.2, -0.15) is 0 Å². The average molecular weight is 309 g/mol. The summed E-state index contributed by atoms with van der Waals surface area (Å²) in [5.74, 6) is -0.0241. The first-order valence-electron chi connectivity index (χ1n) is 8.26. The van der Waals surface area contributed by atoms with Gasteiger partial charge in [0.15, 0.2) is 0 Å². The van der Waals surface area contributed by atoms with E-state index in [9.17, 15) is 4.79 Å². The Bertz CT molecular complexity index is 678. The van der Waals surface area contributed by atoms with Crippen molar-refractivity contribution in [3.63, 3.8) is 0 Å². The molecule has 4 heteroatoms. The molecule has 0 radical (unpaired) electrons. The molecule has 1 saturated carbocycles. The molecule has 0 bridgehead atoms. The second-order valence-electron chi connectivity index (χ2n) is 6.20. The highest BCUT2D eigenvalue weighted by molar-refractivity contribution is 5.94. The van der Waals surface area contributed by atoms with Gasteiger partial charge in [0.05, 0.1) is 11.3 Å². The minimum absolute atomic E-state index is 0.0241. The van der Waals surface area contributed by atoms with Crippen LogP contribution in [0.3, 0.4) is 0 Å². The van der Waals surface area contributed by atoms with Crippen LogP contribution in [0.2, 0.25) is 0 Å². The molecule has 23 heavy (non-hydrogen) atoms. The van der Waals surface area contributed by atoms with Crippen molar-refractivity contribution in [1.82, 2.24) is 10.3 Å². The highest BCUT2D eigenvalue weighted by Crippen LogP contribution is 2.18. The summed E-state index contributed by atoms with van der Waals surface area (Å²) < 4.78 is 0. The van der Waals surface area contributed by atoms with Crippen LogP contribution >= 0.6 is 0 Å². The minimum Gasteiger partial charge on any atom is -0.380 e. The van der Waals surface area contributed by atoms with Gasteiger partial charge in [-0.05, 0) is 37.0 Å². The van der Waals surface area contributed by atoms with Crippen LogP contribution in [0.1, 0.15) is 47.2 Å². The number of carbonyl (C=O) groups is 1. The summed E-state index contributed by atoms with van der Waals surface area (Å²) in [6, 6.07) is 10.5. The number of benzene rings is 1. The molecule has 1 fully saturated rings. The molecule has 1 heterocycles. The molecular formula is C19H23N3O. The maximum Gasteiger partial charge on any atom is 0.253 e. The van der Waals surface area contributed by atoms with Crippen molar-refractivity contribution < 1.29 is 4.79 Å². The second-order valence-corrected chi connectivity index (χ2v) is 6.20. The number of aryl methyl sites for hydroxylation is 1. The molecule has 1 aromatic heterocycles. The largest absolute Gasteiger partial charge is 0.380 e. The van der Waals surface area contributed by atoms with Crippen LogP contribution in [0.15, 0.2) is 42.7 Å². The van der Waals surface area contributed by atoms with Crippen molar-refractivity contribution in [2.45, 2.75) is 45.2 Å². The summed E-state index contributed by atoms with van der Waals surface area (Å²) in [6.07, 6.45) is 7.98. The van der Waals surface area contributed by atoms with Crippen molar-refractivity contribution in [2.24, 2.45) is 0 Å². The molecule has 3 rings (SSSR count). The van der Waals surface area contributed by atoms with Crippen LogP contribution < -0.4 is 10.6 Å². The first-order chi connectivity index (χ1) is 11.2. The van der Waals surface area contributed by atoms with Crippen molar-refractivity contribution >= 4 is 11.6 Å². The van der Waals surface area contributed by atoms with E-state index in [0.29, 0.717) is 11.6 Å². The molecule has 1 aliphatic rings. The SMILES string of the molecule is Cc1ccccc1CNc1cncc(C(=O)NC2CCCC2)c1. The molecular weight excluding hydrogens is 286 g/mol. The molecule has 1 aromatic carbocycles. The highest BCUT2D eigenvalue weighted by atomic mass is 16.1. The summed E-state index contributed by atoms with van der Waals surface area (Å²) in [4.78, 5) is 16.5. The van der Waals surface area contributed by atoms with Gasteiger partial charge in [-0.3, -0.25) is 9.78 Å². The number of anilines is 1. The number of carbonyl (C=O) groups excluding carboxylic acids is 1. The first-order valence-corrected chi connectivity index (χ1v) is 8.26. The van der Waals surface area contributed by atoms with Crippen LogP contribution in [0.5, 0.6) is 0 Å². The summed E-state index contributed by atoms with van der Waals surface area (Å²) in [5, 5.41) is 6.45. The Kier molecular flexibility index (Phi) is 4.91. The first kappa shape index (κ1) is 15.5. The predicted molar refractivity (Wildman–Crippen MR) is 92.5 cm³/mol. The number of nitrogens with one attached hydrogen (secondary N) is 2. The fourth-order valence-corrected chi connectivity index (χ4v) is 3.01. The van der Waals surface area contributed by atoms with Crippen LogP contribution in [0, 0.1) is 6.92 Å². The van der Waals surface area contributed by atoms with E-state index in [-0.39, 0.29) is 5.91 Å². The smallest absolute Gasteiger partial charge is 0.253 e. The number of pyridine rings is 1. The standard InChI is InChI=1S/C19H23N3O/c1-14-6-2-3-7-15(14)12-21-18-10-16(11-20-13-18)19(23)22-17-8-4-5-9-17/h2-3,6-7,10-11,13,17,21H,4-5,8-9,12H2,1H3,(H,22,23). The zero-order valence-electron chi connectivity index (χ0n) is 13.5. The molecule has 0 saturated heterocycles. The van der Waals surface area contributed by atoms with Crippen molar-refractivity contribution in [2.75, 3.05) is 5.32 Å². The van der Waals surface area contributed by atoms with Gasteiger partial charge < -0.3 is 10.6 Å². The predicted octanol–water partition coefficient (Wildman–Crippen LogP) is 3.67. The number of aromatic nitrogens is 1. The van der Waals surface area contributed by atoms with Gasteiger partial charge in [-0.25, -0.2) is 0 Å². The highest BCUT2D eigenvalue weighted by Gasteiger charge is 2.18. The summed E-state index contributed by atoms with van der Waals surface area (Å²) >= 11 is 0. The average Bonchev–Trinajstić information content (AvgIpc) is 3.07. The van der Waals surface area contributed by atoms with E-state index in [2.05, 4.69) is 34.7 Å². The normalized spacial score (nSPS) is 14.7. The lowest BCUT2D eigenvalue weighted by Gasteiger charge is -2.13. The summed E-state index contributed by atoms with van der Waals surface area (Å²) in [5.41, 5.74) is 3.98. The van der Waals surface area contributed by atoms with Crippen LogP contribution in [-0.4, -0.2) is 16.9 Å². The van der Waals surface area contributed by atoms with Gasteiger partial charge >= 0.3 is 0 Å². The van der Waals surface area contributed by atoms with Crippen LogP contribution in [0.4, 0.5) is 5.69 Å². The lowest BCUT2D eigenvalue weighted by Crippen LogP contribution is -2.32. The maximum absolute atomic E-state index is 12.3. The van der Waals surface area contributed by atoms with Crippen molar-refractivity contribution in [3.05, 3.63) is 59.4 Å². The molecule has 0 aliphatic heterocycles. The van der Waals surface area contributed by atoms with E-state index in [1.165, 1.54) is 24.0 Å². The third kappa shape index (κ3) is 4.09. The zero-order valence-corrected chi connectivity index (χ0v) is 13.5. The van der Waals surface area contributed by atoms with Crippen molar-refractivity contribution in [3.8, 4) is 0 Å². The third-order valence-electron chi connectivity index (χ3n) is 4.44. The van der Waals surface area contributed by atoms with Gasteiger partial charge in [0.1, 0.15) is 0 Å². The molecule has 4 nitrogen and oxygen atoms in total. The Morgan fingerprint density at radius 1 is 1.22 bits per heavy atom. The Balaban J connectivity index is 1.62. The molecule has 2 aromatic rings. The Hall–Kier alpha value is -2.36. The number of rotatable bonds is 5. The number of hydrogen-bond acceptors (Lipinski definition) is 3. The number of amides is 1. The van der Waals surface area contributed by atoms with Crippen LogP contribution in [-0.2, 0) is 6.54 Å². The Morgan fingerprint density at radius 2 is 2.00 bits per heavy atom. The van der Waals surface area contributed by atoms with E-state index in [1.807, 2.05) is 18.2 Å². The fraction of sp³-hybridized carbons (Fsp3) is 0.368. The van der Waals surface area contributed by atoms with E-state index in [1.54, 1.807) is 12.4 Å². The van der Waals surface area contributed by atoms with Crippen LogP contribution in [0.25, 0.3) is 0 Å². The molecule has 0 atom stereocenters. The van der Waals surface area contributed by atoms with Gasteiger partial charge in [0, 0.05) is 25.0 Å². The van der Waals surface area contributed by atoms with Crippen molar-refractivity contribution in [1.29, 1.82) is 0 Å². The zero-order chi connectivity index (χ0) is 16.1.